The van der Waals surface area contributed by atoms with E-state index in [1.165, 1.54) is 0 Å². The van der Waals surface area contributed by atoms with Gasteiger partial charge in [-0.25, -0.2) is 0 Å². The van der Waals surface area contributed by atoms with Crippen molar-refractivity contribution >= 4 is 5.91 Å². The zero-order valence-electron chi connectivity index (χ0n) is 11.5. The number of carbonyl (C=O) groups is 1. The van der Waals surface area contributed by atoms with E-state index in [0.29, 0.717) is 19.5 Å². The first-order valence-corrected chi connectivity index (χ1v) is 6.61. The zero-order valence-corrected chi connectivity index (χ0v) is 11.5. The largest absolute Gasteiger partial charge is 0.354 e. The Kier molecular flexibility index (Phi) is 5.92. The van der Waals surface area contributed by atoms with Gasteiger partial charge in [0, 0.05) is 31.9 Å². The average Bonchev–Trinajstić information content (AvgIpc) is 2.79. The van der Waals surface area contributed by atoms with Gasteiger partial charge in [0.05, 0.1) is 0 Å². The number of nitrogens with zero attached hydrogens (tertiary/aromatic N) is 1. The Morgan fingerprint density at radius 1 is 1.28 bits per heavy atom. The van der Waals surface area contributed by atoms with Crippen LogP contribution in [0.4, 0.5) is 0 Å². The van der Waals surface area contributed by atoms with Crippen molar-refractivity contribution in [3.05, 3.63) is 24.5 Å². The third-order valence-electron chi connectivity index (χ3n) is 3.21. The smallest absolute Gasteiger partial charge is 0.220 e. The minimum absolute atomic E-state index is 0.132. The molecule has 1 aromatic rings. The zero-order chi connectivity index (χ0) is 13.4. The summed E-state index contributed by atoms with van der Waals surface area (Å²) in [6.07, 6.45) is 6.43. The third-order valence-corrected chi connectivity index (χ3v) is 3.21. The number of amides is 1. The molecule has 1 heterocycles. The number of carbonyl (C=O) groups excluding carboxylic acids is 1. The highest BCUT2D eigenvalue weighted by Gasteiger charge is 2.17. The molecule has 0 saturated heterocycles. The molecule has 0 saturated carbocycles. The summed E-state index contributed by atoms with van der Waals surface area (Å²) in [5, 5.41) is 2.94. The summed E-state index contributed by atoms with van der Waals surface area (Å²) in [5.74, 6) is 0.132. The van der Waals surface area contributed by atoms with E-state index in [1.54, 1.807) is 0 Å². The number of nitrogens with two attached hydrogens (primary N) is 1. The molecule has 1 aromatic heterocycles. The number of hydrogen-bond acceptors (Lipinski definition) is 2. The van der Waals surface area contributed by atoms with Crippen molar-refractivity contribution in [1.82, 2.24) is 9.88 Å². The topological polar surface area (TPSA) is 60.1 Å². The van der Waals surface area contributed by atoms with E-state index < -0.39 is 0 Å². The fraction of sp³-hybridized carbons (Fsp3) is 0.643. The van der Waals surface area contributed by atoms with Gasteiger partial charge in [-0.1, -0.05) is 13.8 Å². The van der Waals surface area contributed by atoms with Crippen LogP contribution in [0.5, 0.6) is 0 Å². The summed E-state index contributed by atoms with van der Waals surface area (Å²) in [7, 11) is 0. The van der Waals surface area contributed by atoms with Crippen molar-refractivity contribution in [2.75, 3.05) is 13.1 Å². The molecule has 0 fully saturated rings. The molecule has 0 aliphatic heterocycles. The Bertz CT molecular complexity index is 344. The van der Waals surface area contributed by atoms with Gasteiger partial charge in [-0.2, -0.15) is 0 Å². The van der Waals surface area contributed by atoms with E-state index in [1.807, 2.05) is 24.5 Å². The molecule has 0 atom stereocenters. The minimum Gasteiger partial charge on any atom is -0.354 e. The Hall–Kier alpha value is -1.29. The van der Waals surface area contributed by atoms with Crippen molar-refractivity contribution in [1.29, 1.82) is 0 Å². The van der Waals surface area contributed by atoms with Gasteiger partial charge in [0.15, 0.2) is 0 Å². The molecule has 0 aromatic carbocycles. The van der Waals surface area contributed by atoms with Gasteiger partial charge in [0.2, 0.25) is 5.91 Å². The number of aromatic nitrogens is 1. The highest BCUT2D eigenvalue weighted by Crippen LogP contribution is 2.25. The predicted molar refractivity (Wildman–Crippen MR) is 74.1 cm³/mol. The third kappa shape index (κ3) is 5.87. The summed E-state index contributed by atoms with van der Waals surface area (Å²) >= 11 is 0. The Morgan fingerprint density at radius 2 is 1.94 bits per heavy atom. The fourth-order valence-corrected chi connectivity index (χ4v) is 1.90. The summed E-state index contributed by atoms with van der Waals surface area (Å²) in [5.41, 5.74) is 5.71. The molecule has 0 spiro atoms. The van der Waals surface area contributed by atoms with E-state index in [-0.39, 0.29) is 11.3 Å². The minimum atomic E-state index is 0.132. The molecule has 3 N–H and O–H groups in total. The van der Waals surface area contributed by atoms with Crippen LogP contribution in [-0.2, 0) is 11.3 Å². The molecule has 0 bridgehead atoms. The van der Waals surface area contributed by atoms with Crippen LogP contribution in [0.3, 0.4) is 0 Å². The molecule has 102 valence electrons. The van der Waals surface area contributed by atoms with E-state index >= 15 is 0 Å². The second kappa shape index (κ2) is 7.21. The Labute approximate surface area is 110 Å². The normalized spacial score (nSPS) is 11.5. The van der Waals surface area contributed by atoms with Crippen LogP contribution in [0, 0.1) is 5.41 Å². The fourth-order valence-electron chi connectivity index (χ4n) is 1.90. The van der Waals surface area contributed by atoms with Gasteiger partial charge in [-0.05, 0) is 36.9 Å². The van der Waals surface area contributed by atoms with Crippen LogP contribution in [-0.4, -0.2) is 23.6 Å². The van der Waals surface area contributed by atoms with Crippen LogP contribution < -0.4 is 11.1 Å². The van der Waals surface area contributed by atoms with Crippen molar-refractivity contribution < 1.29 is 4.79 Å². The lowest BCUT2D eigenvalue weighted by atomic mass is 9.84. The summed E-state index contributed by atoms with van der Waals surface area (Å²) in [6.45, 7) is 6.51. The molecule has 0 aliphatic rings. The summed E-state index contributed by atoms with van der Waals surface area (Å²) < 4.78 is 2.05. The van der Waals surface area contributed by atoms with Crippen molar-refractivity contribution in [2.24, 2.45) is 11.1 Å². The summed E-state index contributed by atoms with van der Waals surface area (Å²) in [6, 6.07) is 3.97. The predicted octanol–water partition coefficient (Wildman–Crippen LogP) is 1.76. The molecule has 1 rings (SSSR count). The maximum Gasteiger partial charge on any atom is 0.220 e. The molecule has 18 heavy (non-hydrogen) atoms. The monoisotopic (exact) mass is 251 g/mol. The average molecular weight is 251 g/mol. The molecular formula is C14H25N3O. The molecule has 0 aliphatic carbocycles. The number of hydrogen-bond donors (Lipinski definition) is 2. The van der Waals surface area contributed by atoms with Crippen LogP contribution in [0.1, 0.15) is 33.1 Å². The van der Waals surface area contributed by atoms with Crippen molar-refractivity contribution in [3.63, 3.8) is 0 Å². The SMILES string of the molecule is CC(C)(CCN)CCC(=O)NCCn1cccc1. The lowest BCUT2D eigenvalue weighted by Crippen LogP contribution is -2.28. The highest BCUT2D eigenvalue weighted by atomic mass is 16.1. The number of rotatable bonds is 8. The van der Waals surface area contributed by atoms with Gasteiger partial charge < -0.3 is 15.6 Å². The van der Waals surface area contributed by atoms with Crippen molar-refractivity contribution in [2.45, 2.75) is 39.7 Å². The lowest BCUT2D eigenvalue weighted by molar-refractivity contribution is -0.121. The Balaban J connectivity index is 2.14. The van der Waals surface area contributed by atoms with E-state index in [2.05, 4.69) is 23.7 Å². The molecule has 0 radical (unpaired) electrons. The van der Waals surface area contributed by atoms with Gasteiger partial charge in [0.25, 0.3) is 0 Å². The number of nitrogens with one attached hydrogen (secondary N) is 1. The highest BCUT2D eigenvalue weighted by molar-refractivity contribution is 5.75. The van der Waals surface area contributed by atoms with Crippen LogP contribution in [0.25, 0.3) is 0 Å². The van der Waals surface area contributed by atoms with Gasteiger partial charge >= 0.3 is 0 Å². The summed E-state index contributed by atoms with van der Waals surface area (Å²) in [4.78, 5) is 11.7. The molecule has 4 nitrogen and oxygen atoms in total. The molecule has 4 heteroatoms. The van der Waals surface area contributed by atoms with E-state index in [9.17, 15) is 4.79 Å². The van der Waals surface area contributed by atoms with Crippen molar-refractivity contribution in [3.8, 4) is 0 Å². The standard InChI is InChI=1S/C14H25N3O/c1-14(2,7-8-15)6-5-13(18)16-9-12-17-10-3-4-11-17/h3-4,10-11H,5-9,12,15H2,1-2H3,(H,16,18). The quantitative estimate of drug-likeness (QED) is 0.739. The Morgan fingerprint density at radius 3 is 2.56 bits per heavy atom. The van der Waals surface area contributed by atoms with Gasteiger partial charge in [-0.3, -0.25) is 4.79 Å². The molecule has 1 amide bonds. The van der Waals surface area contributed by atoms with E-state index in [0.717, 1.165) is 19.4 Å². The van der Waals surface area contributed by atoms with Gasteiger partial charge in [0.1, 0.15) is 0 Å². The first-order valence-electron chi connectivity index (χ1n) is 6.61. The maximum atomic E-state index is 11.7. The first kappa shape index (κ1) is 14.8. The van der Waals surface area contributed by atoms with Crippen LogP contribution >= 0.6 is 0 Å². The second-order valence-electron chi connectivity index (χ2n) is 5.47. The lowest BCUT2D eigenvalue weighted by Gasteiger charge is -2.23. The van der Waals surface area contributed by atoms with Gasteiger partial charge in [-0.15, -0.1) is 0 Å². The van der Waals surface area contributed by atoms with Crippen LogP contribution in [0.15, 0.2) is 24.5 Å². The van der Waals surface area contributed by atoms with E-state index in [4.69, 9.17) is 5.73 Å². The first-order chi connectivity index (χ1) is 8.53. The maximum absolute atomic E-state index is 11.7. The molecular weight excluding hydrogens is 226 g/mol. The molecule has 0 unspecified atom stereocenters. The second-order valence-corrected chi connectivity index (χ2v) is 5.47. The van der Waals surface area contributed by atoms with Crippen LogP contribution in [0.2, 0.25) is 0 Å².